The molecule has 0 saturated heterocycles. The van der Waals surface area contributed by atoms with Crippen molar-refractivity contribution in [3.63, 3.8) is 0 Å². The minimum absolute atomic E-state index is 0.0221. The fraction of sp³-hybridized carbons (Fsp3) is 0.455. The zero-order chi connectivity index (χ0) is 13.9. The van der Waals surface area contributed by atoms with Crippen LogP contribution in [0.4, 0.5) is 5.69 Å². The minimum atomic E-state index is -3.54. The Morgan fingerprint density at radius 1 is 1.39 bits per heavy atom. The molecule has 0 amide bonds. The molecule has 0 radical (unpaired) electrons. The van der Waals surface area contributed by atoms with Crippen LogP contribution in [0, 0.1) is 23.0 Å². The summed E-state index contributed by atoms with van der Waals surface area (Å²) in [7, 11) is -3.54. The van der Waals surface area contributed by atoms with Crippen molar-refractivity contribution in [3.05, 3.63) is 33.9 Å². The molecule has 1 aromatic rings. The van der Waals surface area contributed by atoms with Crippen molar-refractivity contribution < 1.29 is 13.3 Å². The third kappa shape index (κ3) is 3.68. The van der Waals surface area contributed by atoms with Gasteiger partial charge in [0.1, 0.15) is 0 Å². The van der Waals surface area contributed by atoms with Crippen LogP contribution in [0.15, 0.2) is 23.1 Å². The maximum absolute atomic E-state index is 12.0. The highest BCUT2D eigenvalue weighted by Gasteiger charge is 2.21. The lowest BCUT2D eigenvalue weighted by Crippen LogP contribution is -2.15. The van der Waals surface area contributed by atoms with Gasteiger partial charge in [-0.3, -0.25) is 10.1 Å². The molecular formula is C11H14ClNO4S. The highest BCUT2D eigenvalue weighted by Crippen LogP contribution is 2.22. The first-order chi connectivity index (χ1) is 8.26. The van der Waals surface area contributed by atoms with Gasteiger partial charge in [0.2, 0.25) is 0 Å². The van der Waals surface area contributed by atoms with Gasteiger partial charge >= 0.3 is 0 Å². The Balaban J connectivity index is 3.20. The number of halogens is 1. The molecule has 1 rings (SSSR count). The van der Waals surface area contributed by atoms with Gasteiger partial charge in [0.15, 0.2) is 9.84 Å². The fourth-order valence-corrected chi connectivity index (χ4v) is 3.49. The van der Waals surface area contributed by atoms with Crippen LogP contribution >= 0.6 is 11.6 Å². The van der Waals surface area contributed by atoms with E-state index in [9.17, 15) is 18.5 Å². The van der Waals surface area contributed by atoms with Gasteiger partial charge in [-0.1, -0.05) is 6.92 Å². The molecule has 0 fully saturated rings. The average molecular weight is 292 g/mol. The summed E-state index contributed by atoms with van der Waals surface area (Å²) in [6.45, 7) is 3.34. The molecule has 0 bridgehead atoms. The van der Waals surface area contributed by atoms with E-state index in [1.807, 2.05) is 0 Å². The lowest BCUT2D eigenvalue weighted by atomic mass is 10.2. The number of nitro benzene ring substituents is 1. The Kier molecular flexibility index (Phi) is 4.70. The van der Waals surface area contributed by atoms with Gasteiger partial charge < -0.3 is 0 Å². The molecule has 0 aliphatic heterocycles. The predicted molar refractivity (Wildman–Crippen MR) is 69.8 cm³/mol. The van der Waals surface area contributed by atoms with E-state index >= 15 is 0 Å². The second-order valence-corrected chi connectivity index (χ2v) is 6.65. The maximum atomic E-state index is 12.0. The fourth-order valence-electron chi connectivity index (χ4n) is 1.53. The van der Waals surface area contributed by atoms with E-state index in [1.165, 1.54) is 12.1 Å². The molecule has 1 unspecified atom stereocenters. The van der Waals surface area contributed by atoms with E-state index in [1.54, 1.807) is 13.8 Å². The zero-order valence-corrected chi connectivity index (χ0v) is 11.7. The first-order valence-corrected chi connectivity index (χ1v) is 7.49. The van der Waals surface area contributed by atoms with Crippen molar-refractivity contribution >= 4 is 27.1 Å². The highest BCUT2D eigenvalue weighted by atomic mass is 35.5. The molecule has 0 saturated carbocycles. The number of nitro groups is 1. The van der Waals surface area contributed by atoms with Crippen molar-refractivity contribution in [1.82, 2.24) is 0 Å². The number of nitrogens with zero attached hydrogens (tertiary/aromatic N) is 1. The van der Waals surface area contributed by atoms with Crippen LogP contribution in [0.2, 0.25) is 0 Å². The van der Waals surface area contributed by atoms with Gasteiger partial charge in [0.05, 0.1) is 15.6 Å². The Bertz CT molecular complexity index is 556. The molecule has 1 aromatic carbocycles. The number of aryl methyl sites for hydroxylation is 1. The summed E-state index contributed by atoms with van der Waals surface area (Å²) < 4.78 is 24.1. The number of alkyl halides is 1. The van der Waals surface area contributed by atoms with Gasteiger partial charge in [0.25, 0.3) is 5.69 Å². The van der Waals surface area contributed by atoms with E-state index in [0.717, 1.165) is 6.07 Å². The standard InChI is InChI=1S/C11H14ClNO4S/c1-8-3-10(13(14)15)5-11(4-8)18(16,17)7-9(2)6-12/h3-5,9H,6-7H2,1-2H3. The first-order valence-electron chi connectivity index (χ1n) is 5.31. The average Bonchev–Trinajstić information content (AvgIpc) is 2.27. The lowest BCUT2D eigenvalue weighted by Gasteiger charge is -2.09. The summed E-state index contributed by atoms with van der Waals surface area (Å²) in [5.74, 6) is -0.0826. The molecule has 0 aromatic heterocycles. The first kappa shape index (κ1) is 14.9. The largest absolute Gasteiger partial charge is 0.270 e. The zero-order valence-electron chi connectivity index (χ0n) is 10.1. The Labute approximate surface area is 111 Å². The maximum Gasteiger partial charge on any atom is 0.270 e. The summed E-state index contributed by atoms with van der Waals surface area (Å²) in [5, 5.41) is 10.7. The summed E-state index contributed by atoms with van der Waals surface area (Å²) in [6.07, 6.45) is 0. The van der Waals surface area contributed by atoms with Crippen LogP contribution < -0.4 is 0 Å². The van der Waals surface area contributed by atoms with Crippen molar-refractivity contribution in [2.24, 2.45) is 5.92 Å². The summed E-state index contributed by atoms with van der Waals surface area (Å²) >= 11 is 5.59. The topological polar surface area (TPSA) is 77.3 Å². The molecule has 5 nitrogen and oxygen atoms in total. The molecule has 0 aliphatic rings. The lowest BCUT2D eigenvalue weighted by molar-refractivity contribution is -0.385. The van der Waals surface area contributed by atoms with E-state index in [0.29, 0.717) is 5.56 Å². The predicted octanol–water partition coefficient (Wildman–Crippen LogP) is 2.55. The molecular weight excluding hydrogens is 278 g/mol. The molecule has 0 spiro atoms. The van der Waals surface area contributed by atoms with E-state index in [4.69, 9.17) is 11.6 Å². The number of rotatable bonds is 5. The Hall–Kier alpha value is -1.14. The number of hydrogen-bond acceptors (Lipinski definition) is 4. The number of sulfone groups is 1. The van der Waals surface area contributed by atoms with Gasteiger partial charge in [-0.05, 0) is 24.5 Å². The van der Waals surface area contributed by atoms with E-state index in [2.05, 4.69) is 0 Å². The molecule has 100 valence electrons. The van der Waals surface area contributed by atoms with Crippen LogP contribution in [0.25, 0.3) is 0 Å². The Morgan fingerprint density at radius 3 is 2.50 bits per heavy atom. The summed E-state index contributed by atoms with van der Waals surface area (Å²) in [6, 6.07) is 3.86. The van der Waals surface area contributed by atoms with Gasteiger partial charge in [-0.25, -0.2) is 8.42 Å². The van der Waals surface area contributed by atoms with Crippen molar-refractivity contribution in [2.75, 3.05) is 11.6 Å². The number of non-ortho nitro benzene ring substituents is 1. The molecule has 18 heavy (non-hydrogen) atoms. The normalized spacial score (nSPS) is 13.3. The van der Waals surface area contributed by atoms with Crippen LogP contribution in [0.1, 0.15) is 12.5 Å². The molecule has 0 heterocycles. The molecule has 0 aliphatic carbocycles. The van der Waals surface area contributed by atoms with Crippen molar-refractivity contribution in [2.45, 2.75) is 18.7 Å². The second-order valence-electron chi connectivity index (χ2n) is 4.30. The van der Waals surface area contributed by atoms with Crippen LogP contribution in [0.5, 0.6) is 0 Å². The number of benzene rings is 1. The van der Waals surface area contributed by atoms with Crippen LogP contribution in [0.3, 0.4) is 0 Å². The highest BCUT2D eigenvalue weighted by molar-refractivity contribution is 7.91. The molecule has 0 N–H and O–H groups in total. The SMILES string of the molecule is Cc1cc([N+](=O)[O-])cc(S(=O)(=O)CC(C)CCl)c1. The molecule has 7 heteroatoms. The van der Waals surface area contributed by atoms with Crippen LogP contribution in [-0.2, 0) is 9.84 Å². The summed E-state index contributed by atoms with van der Waals surface area (Å²) in [5.41, 5.74) is 0.327. The van der Waals surface area contributed by atoms with Gasteiger partial charge in [-0.2, -0.15) is 0 Å². The van der Waals surface area contributed by atoms with Crippen molar-refractivity contribution in [1.29, 1.82) is 0 Å². The van der Waals surface area contributed by atoms with Crippen LogP contribution in [-0.4, -0.2) is 25.0 Å². The summed E-state index contributed by atoms with van der Waals surface area (Å²) in [4.78, 5) is 10.1. The minimum Gasteiger partial charge on any atom is -0.258 e. The van der Waals surface area contributed by atoms with Crippen molar-refractivity contribution in [3.8, 4) is 0 Å². The smallest absolute Gasteiger partial charge is 0.258 e. The monoisotopic (exact) mass is 291 g/mol. The van der Waals surface area contributed by atoms with Gasteiger partial charge in [0, 0.05) is 18.0 Å². The third-order valence-electron chi connectivity index (χ3n) is 2.37. The quantitative estimate of drug-likeness (QED) is 0.474. The molecule has 1 atom stereocenters. The Morgan fingerprint density at radius 2 is 2.00 bits per heavy atom. The third-order valence-corrected chi connectivity index (χ3v) is 4.86. The van der Waals surface area contributed by atoms with E-state index in [-0.39, 0.29) is 28.1 Å². The number of hydrogen-bond donors (Lipinski definition) is 0. The van der Waals surface area contributed by atoms with E-state index < -0.39 is 14.8 Å². The second kappa shape index (κ2) is 5.67. The van der Waals surface area contributed by atoms with Gasteiger partial charge in [-0.15, -0.1) is 11.6 Å².